The molecule has 2 heterocycles. The fourth-order valence-electron chi connectivity index (χ4n) is 2.20. The van der Waals surface area contributed by atoms with Crippen LogP contribution in [0.25, 0.3) is 5.69 Å². The summed E-state index contributed by atoms with van der Waals surface area (Å²) in [6.45, 7) is 2.42. The van der Waals surface area contributed by atoms with E-state index in [1.54, 1.807) is 21.3 Å². The number of benzene rings is 1. The zero-order valence-electron chi connectivity index (χ0n) is 12.4. The monoisotopic (exact) mass is 312 g/mol. The first-order valence-electron chi connectivity index (χ1n) is 6.89. The van der Waals surface area contributed by atoms with Crippen LogP contribution in [0.3, 0.4) is 0 Å². The Kier molecular flexibility index (Phi) is 4.02. The SMILES string of the molecule is Cc1ncsc1C(=O)N(C)Cc1ccc(-n2cccn2)cc1. The minimum absolute atomic E-state index is 0.0103. The van der Waals surface area contributed by atoms with Crippen molar-refractivity contribution >= 4 is 17.2 Å². The van der Waals surface area contributed by atoms with Crippen LogP contribution in [-0.4, -0.2) is 32.6 Å². The Morgan fingerprint density at radius 2 is 2.09 bits per heavy atom. The molecule has 0 aliphatic carbocycles. The van der Waals surface area contributed by atoms with Crippen LogP contribution in [0.15, 0.2) is 48.2 Å². The smallest absolute Gasteiger partial charge is 0.265 e. The molecule has 0 bridgehead atoms. The fourth-order valence-corrected chi connectivity index (χ4v) is 3.00. The molecule has 1 aromatic carbocycles. The summed E-state index contributed by atoms with van der Waals surface area (Å²) in [5.41, 5.74) is 4.57. The van der Waals surface area contributed by atoms with Crippen LogP contribution >= 0.6 is 11.3 Å². The van der Waals surface area contributed by atoms with Crippen LogP contribution in [0, 0.1) is 6.92 Å². The predicted octanol–water partition coefficient (Wildman–Crippen LogP) is 2.91. The number of nitrogens with zero attached hydrogens (tertiary/aromatic N) is 4. The molecule has 112 valence electrons. The molecule has 22 heavy (non-hydrogen) atoms. The number of aryl methyl sites for hydroxylation is 1. The maximum atomic E-state index is 12.4. The number of thiazole rings is 1. The first kappa shape index (κ1) is 14.5. The van der Waals surface area contributed by atoms with Crippen molar-refractivity contribution in [2.24, 2.45) is 0 Å². The molecule has 0 aliphatic rings. The summed E-state index contributed by atoms with van der Waals surface area (Å²) in [4.78, 5) is 18.9. The van der Waals surface area contributed by atoms with Gasteiger partial charge < -0.3 is 4.90 Å². The molecule has 0 radical (unpaired) electrons. The molecule has 0 aliphatic heterocycles. The van der Waals surface area contributed by atoms with E-state index in [0.29, 0.717) is 11.4 Å². The third-order valence-electron chi connectivity index (χ3n) is 3.41. The molecule has 3 aromatic rings. The van der Waals surface area contributed by atoms with E-state index in [0.717, 1.165) is 16.9 Å². The largest absolute Gasteiger partial charge is 0.337 e. The first-order valence-corrected chi connectivity index (χ1v) is 7.77. The van der Waals surface area contributed by atoms with E-state index in [4.69, 9.17) is 0 Å². The van der Waals surface area contributed by atoms with Gasteiger partial charge in [0.15, 0.2) is 0 Å². The maximum absolute atomic E-state index is 12.4. The van der Waals surface area contributed by atoms with Gasteiger partial charge >= 0.3 is 0 Å². The second-order valence-electron chi connectivity index (χ2n) is 5.05. The summed E-state index contributed by atoms with van der Waals surface area (Å²) < 4.78 is 1.80. The third-order valence-corrected chi connectivity index (χ3v) is 4.33. The Balaban J connectivity index is 1.70. The van der Waals surface area contributed by atoms with Crippen LogP contribution in [0.4, 0.5) is 0 Å². The van der Waals surface area contributed by atoms with E-state index in [-0.39, 0.29) is 5.91 Å². The lowest BCUT2D eigenvalue weighted by molar-refractivity contribution is 0.0789. The number of aromatic nitrogens is 3. The van der Waals surface area contributed by atoms with Gasteiger partial charge in [0.05, 0.1) is 16.9 Å². The van der Waals surface area contributed by atoms with Gasteiger partial charge in [0.25, 0.3) is 5.91 Å². The standard InChI is InChI=1S/C16H16N4OS/c1-12-15(22-11-17-12)16(21)19(2)10-13-4-6-14(7-5-13)20-9-3-8-18-20/h3-9,11H,10H2,1-2H3. The molecule has 2 aromatic heterocycles. The second kappa shape index (κ2) is 6.11. The van der Waals surface area contributed by atoms with Gasteiger partial charge in [0.1, 0.15) is 4.88 Å². The van der Waals surface area contributed by atoms with Crippen molar-refractivity contribution in [2.75, 3.05) is 7.05 Å². The van der Waals surface area contributed by atoms with Crippen molar-refractivity contribution in [3.05, 3.63) is 64.4 Å². The van der Waals surface area contributed by atoms with Gasteiger partial charge in [-0.1, -0.05) is 12.1 Å². The Morgan fingerprint density at radius 3 is 2.68 bits per heavy atom. The highest BCUT2D eigenvalue weighted by molar-refractivity contribution is 7.11. The maximum Gasteiger partial charge on any atom is 0.265 e. The molecule has 0 N–H and O–H groups in total. The van der Waals surface area contributed by atoms with Crippen molar-refractivity contribution in [2.45, 2.75) is 13.5 Å². The molecule has 3 rings (SSSR count). The highest BCUT2D eigenvalue weighted by atomic mass is 32.1. The molecule has 0 atom stereocenters. The quantitative estimate of drug-likeness (QED) is 0.744. The summed E-state index contributed by atoms with van der Waals surface area (Å²) in [6, 6.07) is 9.91. The van der Waals surface area contributed by atoms with Gasteiger partial charge in [-0.2, -0.15) is 5.10 Å². The minimum Gasteiger partial charge on any atom is -0.337 e. The Labute approximate surface area is 132 Å². The molecule has 0 saturated carbocycles. The van der Waals surface area contributed by atoms with Crippen LogP contribution in [0.1, 0.15) is 20.9 Å². The van der Waals surface area contributed by atoms with E-state index in [2.05, 4.69) is 10.1 Å². The van der Waals surface area contributed by atoms with Gasteiger partial charge in [-0.15, -0.1) is 11.3 Å². The highest BCUT2D eigenvalue weighted by Crippen LogP contribution is 2.16. The lowest BCUT2D eigenvalue weighted by Gasteiger charge is -2.17. The summed E-state index contributed by atoms with van der Waals surface area (Å²) in [5.74, 6) is 0.0103. The molecule has 0 fully saturated rings. The number of hydrogen-bond acceptors (Lipinski definition) is 4. The van der Waals surface area contributed by atoms with Crippen LogP contribution in [0.5, 0.6) is 0 Å². The minimum atomic E-state index is 0.0103. The van der Waals surface area contributed by atoms with Gasteiger partial charge in [0, 0.05) is 26.0 Å². The van der Waals surface area contributed by atoms with Gasteiger partial charge in [-0.05, 0) is 30.7 Å². The van der Waals surface area contributed by atoms with Crippen molar-refractivity contribution in [3.63, 3.8) is 0 Å². The zero-order valence-corrected chi connectivity index (χ0v) is 13.2. The van der Waals surface area contributed by atoms with Crippen molar-refractivity contribution in [1.82, 2.24) is 19.7 Å². The van der Waals surface area contributed by atoms with Crippen molar-refractivity contribution in [1.29, 1.82) is 0 Å². The van der Waals surface area contributed by atoms with Gasteiger partial charge in [-0.3, -0.25) is 4.79 Å². The lowest BCUT2D eigenvalue weighted by atomic mass is 10.2. The highest BCUT2D eigenvalue weighted by Gasteiger charge is 2.16. The summed E-state index contributed by atoms with van der Waals surface area (Å²) in [6.07, 6.45) is 3.65. The molecule has 0 spiro atoms. The molecule has 6 heteroatoms. The molecule has 1 amide bonds. The zero-order chi connectivity index (χ0) is 15.5. The average Bonchev–Trinajstić information content (AvgIpc) is 3.18. The number of hydrogen-bond donors (Lipinski definition) is 0. The summed E-state index contributed by atoms with van der Waals surface area (Å²) >= 11 is 1.38. The predicted molar refractivity (Wildman–Crippen MR) is 86.2 cm³/mol. The van der Waals surface area contributed by atoms with Gasteiger partial charge in [-0.25, -0.2) is 9.67 Å². The number of amides is 1. The van der Waals surface area contributed by atoms with Gasteiger partial charge in [0.2, 0.25) is 0 Å². The number of rotatable bonds is 4. The third kappa shape index (κ3) is 2.92. The summed E-state index contributed by atoms with van der Waals surface area (Å²) in [5, 5.41) is 4.20. The molecular formula is C16H16N4OS. The summed E-state index contributed by atoms with van der Waals surface area (Å²) in [7, 11) is 1.81. The Morgan fingerprint density at radius 1 is 1.32 bits per heavy atom. The second-order valence-corrected chi connectivity index (χ2v) is 5.90. The topological polar surface area (TPSA) is 51.0 Å². The molecule has 5 nitrogen and oxygen atoms in total. The molecular weight excluding hydrogens is 296 g/mol. The molecule has 0 saturated heterocycles. The Bertz CT molecular complexity index is 762. The van der Waals surface area contributed by atoms with E-state index < -0.39 is 0 Å². The van der Waals surface area contributed by atoms with E-state index >= 15 is 0 Å². The van der Waals surface area contributed by atoms with E-state index in [1.165, 1.54) is 11.3 Å². The first-order chi connectivity index (χ1) is 10.6. The van der Waals surface area contributed by atoms with Crippen molar-refractivity contribution in [3.8, 4) is 5.69 Å². The van der Waals surface area contributed by atoms with Crippen LogP contribution in [0.2, 0.25) is 0 Å². The molecule has 0 unspecified atom stereocenters. The lowest BCUT2D eigenvalue weighted by Crippen LogP contribution is -2.26. The van der Waals surface area contributed by atoms with Crippen LogP contribution in [-0.2, 0) is 6.54 Å². The van der Waals surface area contributed by atoms with E-state index in [1.807, 2.05) is 50.5 Å². The normalized spacial score (nSPS) is 10.6. The van der Waals surface area contributed by atoms with Crippen LogP contribution < -0.4 is 0 Å². The number of carbonyl (C=O) groups excluding carboxylic acids is 1. The van der Waals surface area contributed by atoms with Crippen molar-refractivity contribution < 1.29 is 4.79 Å². The van der Waals surface area contributed by atoms with E-state index in [9.17, 15) is 4.79 Å². The number of carbonyl (C=O) groups is 1. The Hall–Kier alpha value is -2.47. The average molecular weight is 312 g/mol. The fraction of sp³-hybridized carbons (Fsp3) is 0.188.